The maximum absolute atomic E-state index is 2.30. The molecule has 3 aromatic carbocycles. The number of benzene rings is 3. The van der Waals surface area contributed by atoms with Gasteiger partial charge in [-0.2, -0.15) is 0 Å². The van der Waals surface area contributed by atoms with E-state index in [1.807, 2.05) is 13.8 Å². The van der Waals surface area contributed by atoms with E-state index in [2.05, 4.69) is 111 Å². The number of aryl methyl sites for hydroxylation is 1. The molecule has 0 saturated heterocycles. The Balaban J connectivity index is 0.00000155. The van der Waals surface area contributed by atoms with Gasteiger partial charge in [0.1, 0.15) is 0 Å². The van der Waals surface area contributed by atoms with Crippen molar-refractivity contribution < 1.29 is 0 Å². The summed E-state index contributed by atoms with van der Waals surface area (Å²) in [5.74, 6) is 0. The molecule has 0 aromatic heterocycles. The lowest BCUT2D eigenvalue weighted by atomic mass is 9.88. The Morgan fingerprint density at radius 1 is 0.667 bits per heavy atom. The van der Waals surface area contributed by atoms with Crippen LogP contribution in [0.1, 0.15) is 55.9 Å². The predicted molar refractivity (Wildman–Crippen MR) is 134 cm³/mol. The second-order valence-corrected chi connectivity index (χ2v) is 7.54. The van der Waals surface area contributed by atoms with E-state index in [4.69, 9.17) is 0 Å². The van der Waals surface area contributed by atoms with Crippen LogP contribution in [0.5, 0.6) is 0 Å². The molecule has 158 valence electrons. The number of hydrogen-bond acceptors (Lipinski definition) is 1. The third-order valence-electron chi connectivity index (χ3n) is 5.15. The fraction of sp³-hybridized carbons (Fsp3) is 0.310. The summed E-state index contributed by atoms with van der Waals surface area (Å²) >= 11 is 0. The molecule has 0 amide bonds. The van der Waals surface area contributed by atoms with Crippen molar-refractivity contribution in [2.24, 2.45) is 0 Å². The molecule has 3 aromatic rings. The summed E-state index contributed by atoms with van der Waals surface area (Å²) in [5.41, 5.74) is 8.03. The SMILES string of the molecule is CC.CC/C(=C(\c1ccccc1)c1ccc(CCCN(C)C)cc1)c1ccccc1. The molecule has 0 atom stereocenters. The Kier molecular flexibility index (Phi) is 10.1. The summed E-state index contributed by atoms with van der Waals surface area (Å²) in [6.45, 7) is 7.38. The first-order valence-corrected chi connectivity index (χ1v) is 11.3. The summed E-state index contributed by atoms with van der Waals surface area (Å²) in [4.78, 5) is 2.25. The fourth-order valence-electron chi connectivity index (χ4n) is 3.72. The molecule has 0 N–H and O–H groups in total. The van der Waals surface area contributed by atoms with E-state index in [1.165, 1.54) is 39.8 Å². The molecule has 0 aliphatic heterocycles. The monoisotopic (exact) mass is 399 g/mol. The van der Waals surface area contributed by atoms with Crippen LogP contribution in [0.4, 0.5) is 0 Å². The summed E-state index contributed by atoms with van der Waals surface area (Å²) in [6.07, 6.45) is 3.32. The molecule has 0 spiro atoms. The molecule has 0 aliphatic rings. The summed E-state index contributed by atoms with van der Waals surface area (Å²) < 4.78 is 0. The molecule has 1 heteroatoms. The van der Waals surface area contributed by atoms with E-state index in [-0.39, 0.29) is 0 Å². The molecule has 0 saturated carbocycles. The van der Waals surface area contributed by atoms with Crippen LogP contribution in [0, 0.1) is 0 Å². The van der Waals surface area contributed by atoms with Gasteiger partial charge >= 0.3 is 0 Å². The molecule has 0 radical (unpaired) electrons. The van der Waals surface area contributed by atoms with Gasteiger partial charge < -0.3 is 4.90 Å². The molecule has 30 heavy (non-hydrogen) atoms. The normalized spacial score (nSPS) is 11.5. The first-order chi connectivity index (χ1) is 14.7. The lowest BCUT2D eigenvalue weighted by Gasteiger charge is -2.17. The Bertz CT molecular complexity index is 875. The molecule has 0 bridgehead atoms. The Labute approximate surface area is 184 Å². The first-order valence-electron chi connectivity index (χ1n) is 11.3. The third kappa shape index (κ3) is 6.71. The van der Waals surface area contributed by atoms with Crippen molar-refractivity contribution in [3.05, 3.63) is 107 Å². The highest BCUT2D eigenvalue weighted by molar-refractivity contribution is 5.98. The van der Waals surface area contributed by atoms with Crippen molar-refractivity contribution in [2.75, 3.05) is 20.6 Å². The van der Waals surface area contributed by atoms with Crippen LogP contribution in [0.2, 0.25) is 0 Å². The standard InChI is InChI=1S/C27H31N.C2H6/c1-4-26(23-13-7-5-8-14-23)27(24-15-9-6-10-16-24)25-19-17-22(18-20-25)12-11-21-28(2)3;1-2/h5-10,13-20H,4,11-12,21H2,1-3H3;1-2H3/b27-26-;. The molecule has 0 aliphatic carbocycles. The predicted octanol–water partition coefficient (Wildman–Crippen LogP) is 7.58. The average molecular weight is 400 g/mol. The van der Waals surface area contributed by atoms with E-state index in [1.54, 1.807) is 0 Å². The van der Waals surface area contributed by atoms with Crippen molar-refractivity contribution in [1.82, 2.24) is 4.90 Å². The second-order valence-electron chi connectivity index (χ2n) is 7.54. The Morgan fingerprint density at radius 3 is 1.67 bits per heavy atom. The minimum atomic E-state index is 0.999. The van der Waals surface area contributed by atoms with E-state index in [9.17, 15) is 0 Å². The van der Waals surface area contributed by atoms with Crippen LogP contribution >= 0.6 is 0 Å². The molecule has 3 rings (SSSR count). The van der Waals surface area contributed by atoms with Crippen LogP contribution < -0.4 is 0 Å². The third-order valence-corrected chi connectivity index (χ3v) is 5.15. The zero-order chi connectivity index (χ0) is 21.8. The summed E-state index contributed by atoms with van der Waals surface area (Å²) in [6, 6.07) is 30.8. The van der Waals surface area contributed by atoms with Gasteiger partial charge in [-0.3, -0.25) is 0 Å². The van der Waals surface area contributed by atoms with E-state index in [0.29, 0.717) is 0 Å². The van der Waals surface area contributed by atoms with E-state index >= 15 is 0 Å². The lowest BCUT2D eigenvalue weighted by Crippen LogP contribution is -2.13. The highest BCUT2D eigenvalue weighted by Gasteiger charge is 2.12. The van der Waals surface area contributed by atoms with Gasteiger partial charge in [0, 0.05) is 0 Å². The largest absolute Gasteiger partial charge is 0.309 e. The van der Waals surface area contributed by atoms with E-state index in [0.717, 1.165) is 19.4 Å². The van der Waals surface area contributed by atoms with Gasteiger partial charge in [-0.05, 0) is 73.3 Å². The number of hydrogen-bond donors (Lipinski definition) is 0. The zero-order valence-electron chi connectivity index (χ0n) is 19.4. The Hall–Kier alpha value is -2.64. The van der Waals surface area contributed by atoms with Crippen molar-refractivity contribution in [1.29, 1.82) is 0 Å². The second kappa shape index (κ2) is 12.8. The molecule has 0 fully saturated rings. The van der Waals surface area contributed by atoms with Gasteiger partial charge in [-0.15, -0.1) is 0 Å². The topological polar surface area (TPSA) is 3.24 Å². The minimum absolute atomic E-state index is 0.999. The fourth-order valence-corrected chi connectivity index (χ4v) is 3.72. The smallest absolute Gasteiger partial charge is 0.00217 e. The molecule has 0 unspecified atom stereocenters. The highest BCUT2D eigenvalue weighted by atomic mass is 15.0. The number of allylic oxidation sites excluding steroid dienone is 1. The van der Waals surface area contributed by atoms with Crippen LogP contribution in [0.15, 0.2) is 84.9 Å². The number of rotatable bonds is 8. The molecule has 1 nitrogen and oxygen atoms in total. The summed E-state index contributed by atoms with van der Waals surface area (Å²) in [7, 11) is 4.27. The van der Waals surface area contributed by atoms with Crippen LogP contribution in [-0.4, -0.2) is 25.5 Å². The molecular formula is C29H37N. The van der Waals surface area contributed by atoms with Gasteiger partial charge in [-0.1, -0.05) is 106 Å². The van der Waals surface area contributed by atoms with Gasteiger partial charge in [0.05, 0.1) is 0 Å². The molecular weight excluding hydrogens is 362 g/mol. The van der Waals surface area contributed by atoms with Crippen molar-refractivity contribution in [3.8, 4) is 0 Å². The van der Waals surface area contributed by atoms with Crippen molar-refractivity contribution in [3.63, 3.8) is 0 Å². The number of nitrogens with zero attached hydrogens (tertiary/aromatic N) is 1. The van der Waals surface area contributed by atoms with Crippen LogP contribution in [0.3, 0.4) is 0 Å². The maximum atomic E-state index is 2.30. The molecule has 0 heterocycles. The Morgan fingerprint density at radius 2 is 1.17 bits per heavy atom. The van der Waals surface area contributed by atoms with Crippen LogP contribution in [-0.2, 0) is 6.42 Å². The van der Waals surface area contributed by atoms with Gasteiger partial charge in [0.2, 0.25) is 0 Å². The average Bonchev–Trinajstić information content (AvgIpc) is 2.80. The minimum Gasteiger partial charge on any atom is -0.309 e. The van der Waals surface area contributed by atoms with Crippen molar-refractivity contribution in [2.45, 2.75) is 40.0 Å². The van der Waals surface area contributed by atoms with Gasteiger partial charge in [0.25, 0.3) is 0 Å². The summed E-state index contributed by atoms with van der Waals surface area (Å²) in [5, 5.41) is 0. The van der Waals surface area contributed by atoms with Gasteiger partial charge in [-0.25, -0.2) is 0 Å². The quantitative estimate of drug-likeness (QED) is 0.353. The first kappa shape index (κ1) is 23.6. The maximum Gasteiger partial charge on any atom is -0.00217 e. The van der Waals surface area contributed by atoms with Crippen LogP contribution in [0.25, 0.3) is 11.1 Å². The highest BCUT2D eigenvalue weighted by Crippen LogP contribution is 2.34. The lowest BCUT2D eigenvalue weighted by molar-refractivity contribution is 0.400. The van der Waals surface area contributed by atoms with E-state index < -0.39 is 0 Å². The van der Waals surface area contributed by atoms with Crippen molar-refractivity contribution >= 4 is 11.1 Å². The van der Waals surface area contributed by atoms with Gasteiger partial charge in [0.15, 0.2) is 0 Å². The zero-order valence-corrected chi connectivity index (χ0v) is 19.4.